The Kier molecular flexibility index (Phi) is 7.21. The van der Waals surface area contributed by atoms with Crippen LogP contribution >= 0.6 is 0 Å². The molecule has 0 unspecified atom stereocenters. The van der Waals surface area contributed by atoms with Gasteiger partial charge < -0.3 is 14.9 Å². The Balaban J connectivity index is 0.000000399. The van der Waals surface area contributed by atoms with E-state index < -0.39 is 0 Å². The van der Waals surface area contributed by atoms with Gasteiger partial charge in [-0.15, -0.1) is 0 Å². The minimum absolute atomic E-state index is 0.318. The van der Waals surface area contributed by atoms with Crippen LogP contribution in [0.3, 0.4) is 0 Å². The van der Waals surface area contributed by atoms with Crippen molar-refractivity contribution >= 4 is 18.1 Å². The van der Waals surface area contributed by atoms with Gasteiger partial charge in [0.15, 0.2) is 0 Å². The minimum atomic E-state index is -0.349. The van der Waals surface area contributed by atoms with Crippen LogP contribution in [0.1, 0.15) is 31.1 Å². The van der Waals surface area contributed by atoms with Crippen molar-refractivity contribution in [3.8, 4) is 0 Å². The number of carbonyl (C=O) groups excluding carboxylic acids is 2. The zero-order valence-corrected chi connectivity index (χ0v) is 11.6. The molecule has 19 heavy (non-hydrogen) atoms. The van der Waals surface area contributed by atoms with Gasteiger partial charge in [0.1, 0.15) is 5.60 Å². The second-order valence-corrected chi connectivity index (χ2v) is 4.54. The molecule has 0 aromatic heterocycles. The maximum atomic E-state index is 10.9. The van der Waals surface area contributed by atoms with Gasteiger partial charge in [-0.05, 0) is 45.0 Å². The Hall–Kier alpha value is -2.08. The Bertz CT molecular complexity index is 396. The number of nitrogens with two attached hydrogens (primary N) is 1. The number of carbonyl (C=O) groups is 2. The number of benzene rings is 1. The molecule has 0 bridgehead atoms. The molecule has 0 fully saturated rings. The number of methoxy groups -OCH3 is 1. The summed E-state index contributed by atoms with van der Waals surface area (Å²) in [6, 6.07) is 6.68. The largest absolute Gasteiger partial charge is 0.465 e. The van der Waals surface area contributed by atoms with E-state index in [4.69, 9.17) is 5.84 Å². The first-order valence-electron chi connectivity index (χ1n) is 5.60. The van der Waals surface area contributed by atoms with Gasteiger partial charge in [0.25, 0.3) is 6.47 Å². The molecule has 0 spiro atoms. The highest BCUT2D eigenvalue weighted by molar-refractivity contribution is 5.89. The number of esters is 1. The van der Waals surface area contributed by atoms with Crippen molar-refractivity contribution in [3.05, 3.63) is 29.8 Å². The topological polar surface area (TPSA) is 90.6 Å². The normalized spacial score (nSPS) is 9.74. The fraction of sp³-hybridized carbons (Fsp3) is 0.385. The predicted octanol–water partition coefficient (Wildman–Crippen LogP) is 1.72. The Morgan fingerprint density at radius 2 is 1.79 bits per heavy atom. The van der Waals surface area contributed by atoms with Crippen molar-refractivity contribution in [3.63, 3.8) is 0 Å². The van der Waals surface area contributed by atoms with E-state index >= 15 is 0 Å². The molecule has 0 heterocycles. The molecule has 0 aliphatic heterocycles. The summed E-state index contributed by atoms with van der Waals surface area (Å²) in [6.45, 7) is 5.92. The highest BCUT2D eigenvalue weighted by atomic mass is 16.5. The maximum Gasteiger partial charge on any atom is 0.337 e. The molecule has 6 heteroatoms. The maximum absolute atomic E-state index is 10.9. The Morgan fingerprint density at radius 1 is 1.26 bits per heavy atom. The fourth-order valence-corrected chi connectivity index (χ4v) is 0.965. The van der Waals surface area contributed by atoms with Gasteiger partial charge in [0.2, 0.25) is 0 Å². The van der Waals surface area contributed by atoms with Gasteiger partial charge in [-0.2, -0.15) is 0 Å². The van der Waals surface area contributed by atoms with Crippen molar-refractivity contribution < 1.29 is 19.1 Å². The summed E-state index contributed by atoms with van der Waals surface area (Å²) in [5.41, 5.74) is 3.40. The SMILES string of the molecule is CC(C)(C)OC=O.COC(=O)c1ccc(NN)cc1. The summed E-state index contributed by atoms with van der Waals surface area (Å²) < 4.78 is 9.07. The van der Waals surface area contributed by atoms with Crippen LogP contribution in [-0.4, -0.2) is 25.2 Å². The third-order valence-electron chi connectivity index (χ3n) is 1.87. The molecule has 1 aromatic carbocycles. The number of ether oxygens (including phenoxy) is 2. The second-order valence-electron chi connectivity index (χ2n) is 4.54. The first-order valence-corrected chi connectivity index (χ1v) is 5.60. The van der Waals surface area contributed by atoms with Crippen molar-refractivity contribution in [1.29, 1.82) is 0 Å². The van der Waals surface area contributed by atoms with Crippen LogP contribution in [0, 0.1) is 0 Å². The standard InChI is InChI=1S/C8H10N2O2.C5H10O2/c1-12-8(11)6-2-4-7(10-9)5-3-6;1-5(2,3)7-4-6/h2-5,10H,9H2,1H3;4H,1-3H3. The van der Waals surface area contributed by atoms with Crippen LogP contribution in [0.5, 0.6) is 0 Å². The van der Waals surface area contributed by atoms with Crippen molar-refractivity contribution in [2.24, 2.45) is 5.84 Å². The lowest BCUT2D eigenvalue weighted by molar-refractivity contribution is -0.138. The minimum Gasteiger partial charge on any atom is -0.465 e. The van der Waals surface area contributed by atoms with E-state index in [1.165, 1.54) is 7.11 Å². The smallest absolute Gasteiger partial charge is 0.337 e. The van der Waals surface area contributed by atoms with Gasteiger partial charge in [0, 0.05) is 5.69 Å². The highest BCUT2D eigenvalue weighted by Crippen LogP contribution is 2.08. The van der Waals surface area contributed by atoms with E-state index in [-0.39, 0.29) is 11.6 Å². The van der Waals surface area contributed by atoms with Crippen LogP contribution in [-0.2, 0) is 14.3 Å². The predicted molar refractivity (Wildman–Crippen MR) is 72.5 cm³/mol. The van der Waals surface area contributed by atoms with E-state index in [1.807, 2.05) is 20.8 Å². The van der Waals surface area contributed by atoms with Crippen LogP contribution < -0.4 is 11.3 Å². The van der Waals surface area contributed by atoms with E-state index in [0.29, 0.717) is 12.0 Å². The second kappa shape index (κ2) is 8.10. The first-order chi connectivity index (χ1) is 8.84. The number of hydrogen-bond acceptors (Lipinski definition) is 6. The molecule has 0 amide bonds. The Labute approximate surface area is 112 Å². The van der Waals surface area contributed by atoms with Crippen LogP contribution in [0.2, 0.25) is 0 Å². The number of anilines is 1. The third-order valence-corrected chi connectivity index (χ3v) is 1.87. The molecule has 1 rings (SSSR count). The molecule has 0 aliphatic carbocycles. The summed E-state index contributed by atoms with van der Waals surface area (Å²) in [6.07, 6.45) is 0. The summed E-state index contributed by atoms with van der Waals surface area (Å²) in [7, 11) is 1.34. The molecule has 0 aliphatic rings. The van der Waals surface area contributed by atoms with Crippen LogP contribution in [0.4, 0.5) is 5.69 Å². The van der Waals surface area contributed by atoms with E-state index in [1.54, 1.807) is 24.3 Å². The number of hydrazine groups is 1. The third kappa shape index (κ3) is 7.77. The summed E-state index contributed by atoms with van der Waals surface area (Å²) in [4.78, 5) is 20.5. The molecule has 0 radical (unpaired) electrons. The summed E-state index contributed by atoms with van der Waals surface area (Å²) in [5.74, 6) is 4.79. The molecule has 1 aromatic rings. The molecule has 3 N–H and O–H groups in total. The number of nitrogens with one attached hydrogen (secondary N) is 1. The number of hydrogen-bond donors (Lipinski definition) is 2. The average molecular weight is 268 g/mol. The zero-order valence-electron chi connectivity index (χ0n) is 11.6. The average Bonchev–Trinajstić information content (AvgIpc) is 2.37. The number of nitrogen functional groups attached to an aromatic ring is 1. The van der Waals surface area contributed by atoms with Crippen molar-refractivity contribution in [2.75, 3.05) is 12.5 Å². The molecule has 0 saturated carbocycles. The van der Waals surface area contributed by atoms with Gasteiger partial charge >= 0.3 is 5.97 Å². The lowest BCUT2D eigenvalue weighted by atomic mass is 10.2. The summed E-state index contributed by atoms with van der Waals surface area (Å²) >= 11 is 0. The van der Waals surface area contributed by atoms with E-state index in [2.05, 4.69) is 14.9 Å². The van der Waals surface area contributed by atoms with Gasteiger partial charge in [-0.1, -0.05) is 0 Å². The van der Waals surface area contributed by atoms with Gasteiger partial charge in [-0.3, -0.25) is 10.6 Å². The lowest BCUT2D eigenvalue weighted by Crippen LogP contribution is -2.17. The Morgan fingerprint density at radius 3 is 2.05 bits per heavy atom. The molecule has 0 saturated heterocycles. The van der Waals surface area contributed by atoms with E-state index in [0.717, 1.165) is 5.69 Å². The highest BCUT2D eigenvalue weighted by Gasteiger charge is 2.07. The monoisotopic (exact) mass is 268 g/mol. The molecular weight excluding hydrogens is 248 g/mol. The molecular formula is C13H20N2O4. The van der Waals surface area contributed by atoms with Crippen molar-refractivity contribution in [1.82, 2.24) is 0 Å². The fourth-order valence-electron chi connectivity index (χ4n) is 0.965. The molecule has 6 nitrogen and oxygen atoms in total. The number of rotatable bonds is 3. The molecule has 0 atom stereocenters. The molecule has 106 valence electrons. The first kappa shape index (κ1) is 16.9. The van der Waals surface area contributed by atoms with Gasteiger partial charge in [0.05, 0.1) is 12.7 Å². The zero-order chi connectivity index (χ0) is 14.9. The van der Waals surface area contributed by atoms with Crippen LogP contribution in [0.15, 0.2) is 24.3 Å². The summed E-state index contributed by atoms with van der Waals surface area (Å²) in [5, 5.41) is 0. The van der Waals surface area contributed by atoms with Crippen LogP contribution in [0.25, 0.3) is 0 Å². The van der Waals surface area contributed by atoms with E-state index in [9.17, 15) is 9.59 Å². The van der Waals surface area contributed by atoms with Crippen molar-refractivity contribution in [2.45, 2.75) is 26.4 Å². The quantitative estimate of drug-likeness (QED) is 0.375. The van der Waals surface area contributed by atoms with Gasteiger partial charge in [-0.25, -0.2) is 4.79 Å². The lowest BCUT2D eigenvalue weighted by Gasteiger charge is -2.14.